The lowest BCUT2D eigenvalue weighted by atomic mass is 9.93. The first-order valence-corrected chi connectivity index (χ1v) is 7.32. The van der Waals surface area contributed by atoms with Crippen LogP contribution in [0.25, 0.3) is 0 Å². The summed E-state index contributed by atoms with van der Waals surface area (Å²) in [7, 11) is 0. The lowest BCUT2D eigenvalue weighted by molar-refractivity contribution is -0.137. The first-order chi connectivity index (χ1) is 9.26. The van der Waals surface area contributed by atoms with E-state index in [-0.39, 0.29) is 17.8 Å². The van der Waals surface area contributed by atoms with E-state index in [2.05, 4.69) is 24.2 Å². The molecule has 1 aliphatic rings. The molecule has 0 atom stereocenters. The number of thioether (sulfide) groups is 1. The first-order valence-electron chi connectivity index (χ1n) is 6.34. The van der Waals surface area contributed by atoms with Crippen LogP contribution in [-0.4, -0.2) is 18.3 Å². The number of hydrogen-bond donors (Lipinski definition) is 1. The maximum atomic E-state index is 12.6. The van der Waals surface area contributed by atoms with Gasteiger partial charge in [0.25, 0.3) is 0 Å². The molecule has 0 aromatic heterocycles. The summed E-state index contributed by atoms with van der Waals surface area (Å²) >= 11 is 1.44. The van der Waals surface area contributed by atoms with Gasteiger partial charge in [0.15, 0.2) is 5.17 Å². The molecule has 1 heterocycles. The van der Waals surface area contributed by atoms with E-state index in [0.717, 1.165) is 24.3 Å². The van der Waals surface area contributed by atoms with Gasteiger partial charge in [-0.15, -0.1) is 12.4 Å². The molecule has 7 heteroatoms. The summed E-state index contributed by atoms with van der Waals surface area (Å²) in [5.41, 5.74) is 0.190. The third-order valence-corrected chi connectivity index (χ3v) is 4.02. The fourth-order valence-corrected chi connectivity index (χ4v) is 2.61. The van der Waals surface area contributed by atoms with E-state index in [0.29, 0.717) is 11.3 Å². The highest BCUT2D eigenvalue weighted by molar-refractivity contribution is 8.13. The van der Waals surface area contributed by atoms with Crippen molar-refractivity contribution in [3.63, 3.8) is 0 Å². The molecule has 0 amide bonds. The van der Waals surface area contributed by atoms with Crippen LogP contribution in [0.15, 0.2) is 29.3 Å². The van der Waals surface area contributed by atoms with Gasteiger partial charge in [-0.25, -0.2) is 0 Å². The first kappa shape index (κ1) is 18.2. The summed E-state index contributed by atoms with van der Waals surface area (Å²) in [6, 6.07) is 5.43. The van der Waals surface area contributed by atoms with E-state index in [4.69, 9.17) is 0 Å². The van der Waals surface area contributed by atoms with E-state index in [1.165, 1.54) is 23.9 Å². The number of nitrogens with one attached hydrogen (secondary N) is 1. The van der Waals surface area contributed by atoms with Crippen molar-refractivity contribution >= 4 is 29.3 Å². The third-order valence-electron chi connectivity index (χ3n) is 3.00. The lowest BCUT2D eigenvalue weighted by Crippen LogP contribution is -2.39. The topological polar surface area (TPSA) is 24.4 Å². The zero-order chi connectivity index (χ0) is 14.8. The fraction of sp³-hybridized carbons (Fsp3) is 0.500. The van der Waals surface area contributed by atoms with Crippen molar-refractivity contribution in [2.24, 2.45) is 10.4 Å². The van der Waals surface area contributed by atoms with Gasteiger partial charge in [0.2, 0.25) is 0 Å². The Morgan fingerprint density at radius 1 is 1.33 bits per heavy atom. The number of alkyl halides is 3. The van der Waals surface area contributed by atoms with Gasteiger partial charge in [0.1, 0.15) is 0 Å². The standard InChI is InChI=1S/C14H17F3N2S.ClH/c1-13(2)8-18-12(19-9-13)20-7-10-4-3-5-11(6-10)14(15,16)17;/h3-6H,7-9H2,1-2H3,(H,18,19);1H. The zero-order valence-corrected chi connectivity index (χ0v) is 13.5. The molecule has 0 bridgehead atoms. The van der Waals surface area contributed by atoms with Gasteiger partial charge in [-0.05, 0) is 11.6 Å². The molecule has 2 nitrogen and oxygen atoms in total. The van der Waals surface area contributed by atoms with Crippen molar-refractivity contribution in [1.82, 2.24) is 5.32 Å². The minimum absolute atomic E-state index is 0. The minimum Gasteiger partial charge on any atom is -0.364 e. The summed E-state index contributed by atoms with van der Waals surface area (Å²) < 4.78 is 37.8. The number of rotatable bonds is 2. The molecule has 118 valence electrons. The zero-order valence-electron chi connectivity index (χ0n) is 11.8. The van der Waals surface area contributed by atoms with Crippen LogP contribution in [0.1, 0.15) is 25.0 Å². The van der Waals surface area contributed by atoms with Crippen molar-refractivity contribution in [3.8, 4) is 0 Å². The summed E-state index contributed by atoms with van der Waals surface area (Å²) in [4.78, 5) is 4.41. The number of halogens is 4. The van der Waals surface area contributed by atoms with Crippen molar-refractivity contribution in [2.75, 3.05) is 13.1 Å². The van der Waals surface area contributed by atoms with Gasteiger partial charge in [-0.2, -0.15) is 13.2 Å². The Morgan fingerprint density at radius 2 is 2.05 bits per heavy atom. The Labute approximate surface area is 133 Å². The van der Waals surface area contributed by atoms with E-state index >= 15 is 0 Å². The molecule has 1 aromatic rings. The van der Waals surface area contributed by atoms with E-state index in [9.17, 15) is 13.2 Å². The molecule has 21 heavy (non-hydrogen) atoms. The maximum absolute atomic E-state index is 12.6. The summed E-state index contributed by atoms with van der Waals surface area (Å²) in [5.74, 6) is 0.482. The predicted molar refractivity (Wildman–Crippen MR) is 84.1 cm³/mol. The predicted octanol–water partition coefficient (Wildman–Crippen LogP) is 4.35. The second kappa shape index (κ2) is 6.92. The molecular weight excluding hydrogens is 321 g/mol. The lowest BCUT2D eigenvalue weighted by Gasteiger charge is -2.28. The summed E-state index contributed by atoms with van der Waals surface area (Å²) in [6.45, 7) is 5.82. The molecule has 0 radical (unpaired) electrons. The highest BCUT2D eigenvalue weighted by Crippen LogP contribution is 2.30. The van der Waals surface area contributed by atoms with Crippen LogP contribution in [0.3, 0.4) is 0 Å². The van der Waals surface area contributed by atoms with Gasteiger partial charge in [-0.1, -0.05) is 43.8 Å². The third kappa shape index (κ3) is 5.43. The van der Waals surface area contributed by atoms with E-state index in [1.807, 2.05) is 0 Å². The molecule has 0 spiro atoms. The Kier molecular flexibility index (Phi) is 5.99. The molecule has 1 N–H and O–H groups in total. The molecule has 2 rings (SSSR count). The normalized spacial score (nSPS) is 17.5. The van der Waals surface area contributed by atoms with Crippen molar-refractivity contribution < 1.29 is 13.2 Å². The number of nitrogens with zero attached hydrogens (tertiary/aromatic N) is 1. The summed E-state index contributed by atoms with van der Waals surface area (Å²) in [6.07, 6.45) is -4.29. The average molecular weight is 339 g/mol. The van der Waals surface area contributed by atoms with Crippen molar-refractivity contribution in [1.29, 1.82) is 0 Å². The minimum atomic E-state index is -4.29. The van der Waals surface area contributed by atoms with Gasteiger partial charge in [0.05, 0.1) is 5.56 Å². The Balaban J connectivity index is 0.00000220. The van der Waals surface area contributed by atoms with Crippen LogP contribution in [-0.2, 0) is 11.9 Å². The highest BCUT2D eigenvalue weighted by atomic mass is 35.5. The van der Waals surface area contributed by atoms with Crippen molar-refractivity contribution in [3.05, 3.63) is 35.4 Å². The van der Waals surface area contributed by atoms with Crippen LogP contribution in [0, 0.1) is 5.41 Å². The van der Waals surface area contributed by atoms with Crippen LogP contribution in [0.2, 0.25) is 0 Å². The van der Waals surface area contributed by atoms with E-state index < -0.39 is 11.7 Å². The SMILES string of the molecule is CC1(C)CN=C(SCc2cccc(C(F)(F)F)c2)NC1.Cl. The summed E-state index contributed by atoms with van der Waals surface area (Å²) in [5, 5.41) is 4.02. The maximum Gasteiger partial charge on any atom is 0.416 e. The van der Waals surface area contributed by atoms with Crippen LogP contribution in [0.5, 0.6) is 0 Å². The molecule has 0 saturated heterocycles. The Hall–Kier alpha value is -0.880. The van der Waals surface area contributed by atoms with Crippen LogP contribution >= 0.6 is 24.2 Å². The second-order valence-corrected chi connectivity index (χ2v) is 6.59. The molecule has 0 aliphatic carbocycles. The van der Waals surface area contributed by atoms with Crippen molar-refractivity contribution in [2.45, 2.75) is 25.8 Å². The molecule has 0 fully saturated rings. The molecule has 0 saturated carbocycles. The largest absolute Gasteiger partial charge is 0.416 e. The number of hydrogen-bond acceptors (Lipinski definition) is 3. The van der Waals surface area contributed by atoms with Gasteiger partial charge < -0.3 is 5.32 Å². The fourth-order valence-electron chi connectivity index (χ4n) is 1.80. The smallest absolute Gasteiger partial charge is 0.364 e. The van der Waals surface area contributed by atoms with E-state index in [1.54, 1.807) is 6.07 Å². The van der Waals surface area contributed by atoms with Crippen LogP contribution in [0.4, 0.5) is 13.2 Å². The highest BCUT2D eigenvalue weighted by Gasteiger charge is 2.30. The monoisotopic (exact) mass is 338 g/mol. The molecule has 1 aliphatic heterocycles. The van der Waals surface area contributed by atoms with Crippen LogP contribution < -0.4 is 5.32 Å². The Morgan fingerprint density at radius 3 is 2.62 bits per heavy atom. The number of amidine groups is 1. The quantitative estimate of drug-likeness (QED) is 0.867. The van der Waals surface area contributed by atoms with Gasteiger partial charge in [-0.3, -0.25) is 4.99 Å². The second-order valence-electron chi connectivity index (χ2n) is 5.63. The average Bonchev–Trinajstić information content (AvgIpc) is 2.37. The number of benzene rings is 1. The van der Waals surface area contributed by atoms with Gasteiger partial charge >= 0.3 is 6.18 Å². The molecule has 0 unspecified atom stereocenters. The number of aliphatic imine (C=N–C) groups is 1. The molecule has 1 aromatic carbocycles. The van der Waals surface area contributed by atoms with Gasteiger partial charge in [0, 0.05) is 24.3 Å². The Bertz CT molecular complexity index is 515. The molecular formula is C14H18ClF3N2S.